The molecule has 4 aromatic rings. The van der Waals surface area contributed by atoms with Crippen LogP contribution in [0, 0.1) is 0 Å². The Morgan fingerprint density at radius 3 is 2.81 bits per heavy atom. The molecular weight excluding hydrogens is 340 g/mol. The summed E-state index contributed by atoms with van der Waals surface area (Å²) in [4.78, 5) is 19.8. The molecule has 4 rings (SSSR count). The summed E-state index contributed by atoms with van der Waals surface area (Å²) in [5.74, 6) is 0.618. The van der Waals surface area contributed by atoms with Crippen molar-refractivity contribution in [2.45, 2.75) is 13.1 Å². The van der Waals surface area contributed by atoms with E-state index in [1.54, 1.807) is 19.6 Å². The molecule has 0 spiro atoms. The summed E-state index contributed by atoms with van der Waals surface area (Å²) in [7, 11) is 1.62. The second-order valence-corrected chi connectivity index (χ2v) is 6.32. The highest BCUT2D eigenvalue weighted by molar-refractivity contribution is 5.98. The van der Waals surface area contributed by atoms with Crippen LogP contribution in [-0.4, -0.2) is 27.6 Å². The maximum atomic E-state index is 12.6. The molecule has 136 valence electrons. The van der Waals surface area contributed by atoms with Crippen LogP contribution in [0.4, 0.5) is 0 Å². The second kappa shape index (κ2) is 7.37. The Hall–Kier alpha value is -3.54. The van der Waals surface area contributed by atoms with Crippen molar-refractivity contribution in [3.63, 3.8) is 0 Å². The predicted octanol–water partition coefficient (Wildman–Crippen LogP) is 3.35. The van der Waals surface area contributed by atoms with Crippen LogP contribution in [0.25, 0.3) is 10.9 Å². The van der Waals surface area contributed by atoms with E-state index in [0.717, 1.165) is 34.3 Å². The number of aromatic amines is 1. The van der Waals surface area contributed by atoms with E-state index >= 15 is 0 Å². The zero-order valence-corrected chi connectivity index (χ0v) is 15.0. The third-order valence-corrected chi connectivity index (χ3v) is 4.54. The molecule has 0 fully saturated rings. The number of amides is 1. The number of nitrogens with zero attached hydrogens (tertiary/aromatic N) is 2. The maximum absolute atomic E-state index is 12.6. The van der Waals surface area contributed by atoms with Gasteiger partial charge in [-0.1, -0.05) is 24.3 Å². The van der Waals surface area contributed by atoms with Crippen molar-refractivity contribution in [1.29, 1.82) is 0 Å². The molecule has 27 heavy (non-hydrogen) atoms. The predicted molar refractivity (Wildman–Crippen MR) is 104 cm³/mol. The first kappa shape index (κ1) is 16.9. The number of ether oxygens (including phenoxy) is 1. The van der Waals surface area contributed by atoms with Crippen LogP contribution in [0.1, 0.15) is 21.6 Å². The highest BCUT2D eigenvalue weighted by atomic mass is 16.5. The number of fused-ring (bicyclic) bond motifs is 1. The van der Waals surface area contributed by atoms with Gasteiger partial charge in [-0.3, -0.25) is 4.79 Å². The summed E-state index contributed by atoms with van der Waals surface area (Å²) in [5, 5.41) is 3.97. The third-order valence-electron chi connectivity index (χ3n) is 4.54. The fourth-order valence-electron chi connectivity index (χ4n) is 3.09. The first-order valence-electron chi connectivity index (χ1n) is 8.70. The van der Waals surface area contributed by atoms with Gasteiger partial charge in [-0.2, -0.15) is 0 Å². The van der Waals surface area contributed by atoms with Gasteiger partial charge in [0.05, 0.1) is 13.4 Å². The Balaban J connectivity index is 1.48. The van der Waals surface area contributed by atoms with E-state index in [0.29, 0.717) is 12.2 Å². The molecule has 6 nitrogen and oxygen atoms in total. The minimum Gasteiger partial charge on any atom is -0.497 e. The van der Waals surface area contributed by atoms with Gasteiger partial charge in [0.15, 0.2) is 0 Å². The number of H-pyrrole nitrogens is 1. The number of aromatic nitrogens is 3. The molecule has 2 aromatic carbocycles. The fourth-order valence-corrected chi connectivity index (χ4v) is 3.09. The van der Waals surface area contributed by atoms with Crippen LogP contribution in [0.15, 0.2) is 67.3 Å². The molecule has 0 radical (unpaired) electrons. The zero-order chi connectivity index (χ0) is 18.6. The lowest BCUT2D eigenvalue weighted by Crippen LogP contribution is -2.23. The molecular formula is C21H20N4O2. The molecule has 0 unspecified atom stereocenters. The average molecular weight is 360 g/mol. The number of rotatable bonds is 6. The Labute approximate surface area is 156 Å². The van der Waals surface area contributed by atoms with Crippen molar-refractivity contribution in [3.05, 3.63) is 84.1 Å². The van der Waals surface area contributed by atoms with Gasteiger partial charge in [0.1, 0.15) is 11.4 Å². The monoisotopic (exact) mass is 360 g/mol. The van der Waals surface area contributed by atoms with Gasteiger partial charge in [0.25, 0.3) is 5.91 Å². The standard InChI is InChI=1S/C21H20N4O2/c1-27-18-7-6-15-10-20(24-19(15)11-18)21(26)23-12-16-4-2-3-5-17(16)13-25-9-8-22-14-25/h2-11,14,24H,12-13H2,1H3,(H,23,26). The molecule has 6 heteroatoms. The molecule has 0 atom stereocenters. The zero-order valence-electron chi connectivity index (χ0n) is 15.0. The number of methoxy groups -OCH3 is 1. The van der Waals surface area contributed by atoms with Crippen molar-refractivity contribution in [2.24, 2.45) is 0 Å². The normalized spacial score (nSPS) is 10.9. The molecule has 0 aliphatic rings. The van der Waals surface area contributed by atoms with E-state index in [1.165, 1.54) is 0 Å². The number of imidazole rings is 1. The number of carbonyl (C=O) groups is 1. The number of hydrogen-bond acceptors (Lipinski definition) is 3. The lowest BCUT2D eigenvalue weighted by molar-refractivity contribution is 0.0946. The molecule has 1 amide bonds. The van der Waals surface area contributed by atoms with Gasteiger partial charge in [0.2, 0.25) is 0 Å². The van der Waals surface area contributed by atoms with Gasteiger partial charge in [0, 0.05) is 42.5 Å². The molecule has 2 aromatic heterocycles. The highest BCUT2D eigenvalue weighted by Crippen LogP contribution is 2.21. The molecule has 0 aliphatic heterocycles. The summed E-state index contributed by atoms with van der Waals surface area (Å²) in [6.45, 7) is 1.18. The minimum atomic E-state index is -0.136. The average Bonchev–Trinajstić information content (AvgIpc) is 3.35. The molecule has 0 bridgehead atoms. The summed E-state index contributed by atoms with van der Waals surface area (Å²) in [6.07, 6.45) is 5.47. The maximum Gasteiger partial charge on any atom is 0.267 e. The minimum absolute atomic E-state index is 0.136. The van der Waals surface area contributed by atoms with Crippen LogP contribution in [0.2, 0.25) is 0 Å². The van der Waals surface area contributed by atoms with Crippen molar-refractivity contribution >= 4 is 16.8 Å². The van der Waals surface area contributed by atoms with Gasteiger partial charge in [-0.05, 0) is 29.3 Å². The molecule has 0 saturated heterocycles. The van der Waals surface area contributed by atoms with Gasteiger partial charge in [-0.15, -0.1) is 0 Å². The second-order valence-electron chi connectivity index (χ2n) is 6.32. The third kappa shape index (κ3) is 3.69. The molecule has 0 aliphatic carbocycles. The SMILES string of the molecule is COc1ccc2cc(C(=O)NCc3ccccc3Cn3ccnc3)[nH]c2c1. The van der Waals surface area contributed by atoms with Crippen molar-refractivity contribution in [2.75, 3.05) is 7.11 Å². The first-order valence-corrected chi connectivity index (χ1v) is 8.70. The van der Waals surface area contributed by atoms with Crippen LogP contribution < -0.4 is 10.1 Å². The van der Waals surface area contributed by atoms with Gasteiger partial charge >= 0.3 is 0 Å². The number of nitrogens with one attached hydrogen (secondary N) is 2. The van der Waals surface area contributed by atoms with Gasteiger partial charge in [-0.25, -0.2) is 4.98 Å². The topological polar surface area (TPSA) is 71.9 Å². The van der Waals surface area contributed by atoms with E-state index in [-0.39, 0.29) is 5.91 Å². The Morgan fingerprint density at radius 2 is 2.04 bits per heavy atom. The summed E-state index contributed by atoms with van der Waals surface area (Å²) < 4.78 is 7.23. The van der Waals surface area contributed by atoms with E-state index in [4.69, 9.17) is 4.74 Å². The molecule has 2 heterocycles. The Morgan fingerprint density at radius 1 is 1.19 bits per heavy atom. The van der Waals surface area contributed by atoms with E-state index in [1.807, 2.05) is 53.2 Å². The van der Waals surface area contributed by atoms with Crippen LogP contribution in [-0.2, 0) is 13.1 Å². The Kier molecular flexibility index (Phi) is 4.61. The highest BCUT2D eigenvalue weighted by Gasteiger charge is 2.11. The molecule has 2 N–H and O–H groups in total. The number of benzene rings is 2. The first-order chi connectivity index (χ1) is 13.2. The number of carbonyl (C=O) groups excluding carboxylic acids is 1. The van der Waals surface area contributed by atoms with E-state index < -0.39 is 0 Å². The van der Waals surface area contributed by atoms with E-state index in [2.05, 4.69) is 21.4 Å². The molecule has 0 saturated carbocycles. The van der Waals surface area contributed by atoms with Crippen LogP contribution in [0.3, 0.4) is 0 Å². The van der Waals surface area contributed by atoms with Crippen LogP contribution >= 0.6 is 0 Å². The van der Waals surface area contributed by atoms with Crippen molar-refractivity contribution in [1.82, 2.24) is 19.9 Å². The van der Waals surface area contributed by atoms with Crippen molar-refractivity contribution < 1.29 is 9.53 Å². The lowest BCUT2D eigenvalue weighted by atomic mass is 10.1. The van der Waals surface area contributed by atoms with E-state index in [9.17, 15) is 4.79 Å². The fraction of sp³-hybridized carbons (Fsp3) is 0.143. The summed E-state index contributed by atoms with van der Waals surface area (Å²) in [5.41, 5.74) is 3.64. The van der Waals surface area contributed by atoms with Gasteiger partial charge < -0.3 is 19.6 Å². The Bertz CT molecular complexity index is 1070. The van der Waals surface area contributed by atoms with Crippen LogP contribution in [0.5, 0.6) is 5.75 Å². The summed E-state index contributed by atoms with van der Waals surface area (Å²) in [6, 6.07) is 15.6. The largest absolute Gasteiger partial charge is 0.497 e. The lowest BCUT2D eigenvalue weighted by Gasteiger charge is -2.11. The smallest absolute Gasteiger partial charge is 0.267 e. The summed E-state index contributed by atoms with van der Waals surface area (Å²) >= 11 is 0. The number of hydrogen-bond donors (Lipinski definition) is 2. The van der Waals surface area contributed by atoms with Crippen molar-refractivity contribution in [3.8, 4) is 5.75 Å². The quantitative estimate of drug-likeness (QED) is 0.554.